The average molecular weight is 715 g/mol. The number of ether oxygens (including phenoxy) is 2. The highest BCUT2D eigenvalue weighted by Gasteiger charge is 2.40. The first-order chi connectivity index (χ1) is 24.9. The van der Waals surface area contributed by atoms with Gasteiger partial charge in [-0.2, -0.15) is 0 Å². The van der Waals surface area contributed by atoms with Gasteiger partial charge in [-0.15, -0.1) is 0 Å². The number of amides is 4. The van der Waals surface area contributed by atoms with Crippen LogP contribution in [0, 0.1) is 0 Å². The second-order valence-corrected chi connectivity index (χ2v) is 13.0. The lowest BCUT2D eigenvalue weighted by Crippen LogP contribution is -2.47. The van der Waals surface area contributed by atoms with Gasteiger partial charge in [0.15, 0.2) is 0 Å². The first kappa shape index (κ1) is 36.1. The van der Waals surface area contributed by atoms with Crippen molar-refractivity contribution in [3.05, 3.63) is 72.6 Å². The minimum atomic E-state index is -0.837. The highest BCUT2D eigenvalue weighted by atomic mass is 16.5. The molecule has 4 heterocycles. The number of carbonyl (C=O) groups is 4. The van der Waals surface area contributed by atoms with Crippen LogP contribution >= 0.6 is 0 Å². The van der Waals surface area contributed by atoms with E-state index < -0.39 is 48.6 Å². The largest absolute Gasteiger partial charge is 0.453 e. The molecule has 4 unspecified atom stereocenters. The van der Waals surface area contributed by atoms with E-state index >= 15 is 0 Å². The Morgan fingerprint density at radius 1 is 0.673 bits per heavy atom. The van der Waals surface area contributed by atoms with Gasteiger partial charge in [-0.05, 0) is 36.1 Å². The standard InChI is InChI=1S/C36H42N8O8/c1-19(39-35(49)51-3)33(47)43-17-25(45)13-29(43)31-37-15-27(41-31)23-9-5-21(6-10-23)22-7-11-24(12-8-22)28-16-38-32(42-28)30-14-26(46)18-44(30)34(48)20(2)40-36(50)52-4/h5-12,15-16,19-20,25-26,29-30,45-46H,13-14,17-18H2,1-4H3,(H,37,41)(H,38,42)(H,39,49)(H,40,50)/t19-,20-,25?,26?,29?,30?/m0/s1. The molecule has 52 heavy (non-hydrogen) atoms. The Bertz CT molecular complexity index is 1770. The molecular weight excluding hydrogens is 672 g/mol. The summed E-state index contributed by atoms with van der Waals surface area (Å²) in [6, 6.07) is 13.3. The van der Waals surface area contributed by atoms with Crippen molar-refractivity contribution in [2.45, 2.75) is 63.1 Å². The molecule has 0 aliphatic carbocycles. The molecule has 2 aliphatic heterocycles. The summed E-state index contributed by atoms with van der Waals surface area (Å²) in [5, 5.41) is 25.7. The molecule has 4 aromatic rings. The van der Waals surface area contributed by atoms with Crippen LogP contribution in [0.3, 0.4) is 0 Å². The number of benzene rings is 2. The van der Waals surface area contributed by atoms with Crippen LogP contribution in [0.4, 0.5) is 9.59 Å². The van der Waals surface area contributed by atoms with Gasteiger partial charge in [0.1, 0.15) is 23.7 Å². The summed E-state index contributed by atoms with van der Waals surface area (Å²) in [4.78, 5) is 68.2. The van der Waals surface area contributed by atoms with E-state index in [0.29, 0.717) is 24.5 Å². The van der Waals surface area contributed by atoms with Gasteiger partial charge in [-0.25, -0.2) is 19.6 Å². The Balaban J connectivity index is 1.11. The minimum Gasteiger partial charge on any atom is -0.453 e. The smallest absolute Gasteiger partial charge is 0.407 e. The summed E-state index contributed by atoms with van der Waals surface area (Å²) in [6.45, 7) is 3.39. The maximum absolute atomic E-state index is 13.1. The van der Waals surface area contributed by atoms with E-state index in [4.69, 9.17) is 0 Å². The molecule has 16 heteroatoms. The second kappa shape index (κ2) is 15.2. The molecule has 0 bridgehead atoms. The van der Waals surface area contributed by atoms with E-state index in [9.17, 15) is 29.4 Å². The Morgan fingerprint density at radius 2 is 1.02 bits per heavy atom. The molecule has 2 fully saturated rings. The number of H-pyrrole nitrogens is 2. The number of nitrogens with zero attached hydrogens (tertiary/aromatic N) is 4. The topological polar surface area (TPSA) is 215 Å². The number of carbonyl (C=O) groups excluding carboxylic acids is 4. The highest BCUT2D eigenvalue weighted by Crippen LogP contribution is 2.35. The molecule has 6 atom stereocenters. The van der Waals surface area contributed by atoms with Gasteiger partial charge in [-0.3, -0.25) is 9.59 Å². The summed E-state index contributed by atoms with van der Waals surface area (Å²) < 4.78 is 9.21. The van der Waals surface area contributed by atoms with Gasteiger partial charge in [0.25, 0.3) is 0 Å². The zero-order chi connectivity index (χ0) is 37.1. The third-order valence-electron chi connectivity index (χ3n) is 9.45. The fourth-order valence-corrected chi connectivity index (χ4v) is 6.72. The van der Waals surface area contributed by atoms with Crippen LogP contribution in [0.15, 0.2) is 60.9 Å². The summed E-state index contributed by atoms with van der Waals surface area (Å²) in [5.74, 6) is 0.392. The Morgan fingerprint density at radius 3 is 1.37 bits per heavy atom. The van der Waals surface area contributed by atoms with Gasteiger partial charge in [0.05, 0.1) is 62.3 Å². The van der Waals surface area contributed by atoms with E-state index in [1.54, 1.807) is 26.2 Å². The molecule has 2 aromatic carbocycles. The number of β-amino-alcohol motifs (C(OH)–C–C–N with tert-alkyl or cyclic N) is 2. The van der Waals surface area contributed by atoms with Crippen LogP contribution in [0.1, 0.15) is 50.4 Å². The predicted octanol–water partition coefficient (Wildman–Crippen LogP) is 2.89. The Labute approximate surface area is 299 Å². The Kier molecular flexibility index (Phi) is 10.6. The lowest BCUT2D eigenvalue weighted by molar-refractivity contribution is -0.135. The number of alkyl carbamates (subject to hydrolysis) is 2. The van der Waals surface area contributed by atoms with Crippen molar-refractivity contribution in [2.24, 2.45) is 0 Å². The molecule has 16 nitrogen and oxygen atoms in total. The summed E-state index contributed by atoms with van der Waals surface area (Å²) >= 11 is 0. The lowest BCUT2D eigenvalue weighted by Gasteiger charge is -2.26. The van der Waals surface area contributed by atoms with Gasteiger partial charge in [0, 0.05) is 25.9 Å². The first-order valence-electron chi connectivity index (χ1n) is 16.9. The molecular formula is C36H42N8O8. The van der Waals surface area contributed by atoms with Crippen molar-refractivity contribution >= 4 is 24.0 Å². The van der Waals surface area contributed by atoms with E-state index in [-0.39, 0.29) is 24.9 Å². The molecule has 0 spiro atoms. The minimum absolute atomic E-state index is 0.128. The third kappa shape index (κ3) is 7.62. The second-order valence-electron chi connectivity index (χ2n) is 13.0. The van der Waals surface area contributed by atoms with Crippen molar-refractivity contribution < 1.29 is 38.9 Å². The molecule has 2 aliphatic rings. The van der Waals surface area contributed by atoms with Crippen molar-refractivity contribution in [1.82, 2.24) is 40.4 Å². The molecule has 4 amide bonds. The predicted molar refractivity (Wildman–Crippen MR) is 187 cm³/mol. The quantitative estimate of drug-likeness (QED) is 0.149. The SMILES string of the molecule is COC(=O)N[C@@H](C)C(=O)N1CC(O)CC1c1ncc(-c2ccc(-c3ccc(-c4cnc(C5CC(O)CN5C(=O)[C@H](C)NC(=O)OC)[nH]4)cc3)cc2)[nH]1. The molecule has 2 aromatic heterocycles. The maximum Gasteiger partial charge on any atom is 0.407 e. The average Bonchev–Trinajstić information content (AvgIpc) is 3.97. The number of rotatable bonds is 9. The monoisotopic (exact) mass is 714 g/mol. The fraction of sp³-hybridized carbons (Fsp3) is 0.389. The molecule has 0 saturated carbocycles. The number of methoxy groups -OCH3 is 2. The van der Waals surface area contributed by atoms with Crippen LogP contribution in [0.5, 0.6) is 0 Å². The maximum atomic E-state index is 13.1. The number of aliphatic hydroxyl groups excluding tert-OH is 2. The molecule has 0 radical (unpaired) electrons. The van der Waals surface area contributed by atoms with E-state index in [1.807, 2.05) is 48.5 Å². The molecule has 274 valence electrons. The zero-order valence-corrected chi connectivity index (χ0v) is 29.2. The number of likely N-dealkylation sites (tertiary alicyclic amines) is 2. The number of aliphatic hydroxyl groups is 2. The number of hydrogen-bond donors (Lipinski definition) is 6. The normalized spacial score (nSPS) is 21.0. The van der Waals surface area contributed by atoms with E-state index in [2.05, 4.69) is 40.0 Å². The van der Waals surface area contributed by atoms with Crippen molar-refractivity contribution in [3.63, 3.8) is 0 Å². The van der Waals surface area contributed by atoms with Crippen LogP contribution in [-0.4, -0.2) is 116 Å². The molecule has 2 saturated heterocycles. The number of imidazole rings is 2. The van der Waals surface area contributed by atoms with Gasteiger partial charge < -0.3 is 50.1 Å². The van der Waals surface area contributed by atoms with E-state index in [1.165, 1.54) is 24.0 Å². The van der Waals surface area contributed by atoms with Crippen LogP contribution in [-0.2, 0) is 19.1 Å². The van der Waals surface area contributed by atoms with Gasteiger partial charge in [-0.1, -0.05) is 48.5 Å². The summed E-state index contributed by atoms with van der Waals surface area (Å²) in [5.41, 5.74) is 5.28. The fourth-order valence-electron chi connectivity index (χ4n) is 6.72. The lowest BCUT2D eigenvalue weighted by atomic mass is 10.0. The number of nitrogens with one attached hydrogen (secondary N) is 4. The summed E-state index contributed by atoms with van der Waals surface area (Å²) in [7, 11) is 2.45. The third-order valence-corrected chi connectivity index (χ3v) is 9.45. The number of hydrogen-bond acceptors (Lipinski definition) is 10. The first-order valence-corrected chi connectivity index (χ1v) is 16.9. The highest BCUT2D eigenvalue weighted by molar-refractivity contribution is 5.86. The van der Waals surface area contributed by atoms with Crippen LogP contribution in [0.2, 0.25) is 0 Å². The molecule has 6 N–H and O–H groups in total. The van der Waals surface area contributed by atoms with Gasteiger partial charge in [0.2, 0.25) is 11.8 Å². The van der Waals surface area contributed by atoms with Crippen LogP contribution in [0.25, 0.3) is 33.6 Å². The van der Waals surface area contributed by atoms with Crippen molar-refractivity contribution in [3.8, 4) is 33.6 Å². The zero-order valence-electron chi connectivity index (χ0n) is 29.2. The van der Waals surface area contributed by atoms with Crippen molar-refractivity contribution in [1.29, 1.82) is 0 Å². The Hall–Kier alpha value is -5.74. The molecule has 6 rings (SSSR count). The summed E-state index contributed by atoms with van der Waals surface area (Å²) in [6.07, 6.45) is 1.16. The van der Waals surface area contributed by atoms with Crippen molar-refractivity contribution in [2.75, 3.05) is 27.3 Å². The van der Waals surface area contributed by atoms with Gasteiger partial charge >= 0.3 is 12.2 Å². The number of aromatic amines is 2. The van der Waals surface area contributed by atoms with Crippen LogP contribution < -0.4 is 10.6 Å². The van der Waals surface area contributed by atoms with E-state index in [0.717, 1.165) is 33.6 Å². The number of aromatic nitrogens is 4.